The van der Waals surface area contributed by atoms with Crippen LogP contribution in [0.5, 0.6) is 6.01 Å². The Hall–Kier alpha value is -5.74. The van der Waals surface area contributed by atoms with Gasteiger partial charge in [-0.05, 0) is 107 Å². The van der Waals surface area contributed by atoms with Crippen molar-refractivity contribution in [3.63, 3.8) is 0 Å². The lowest BCUT2D eigenvalue weighted by atomic mass is 9.85. The first-order chi connectivity index (χ1) is 37.5. The van der Waals surface area contributed by atoms with Crippen molar-refractivity contribution < 1.29 is 41.8 Å². The summed E-state index contributed by atoms with van der Waals surface area (Å²) in [5.41, 5.74) is 7.09. The molecule has 2 unspecified atom stereocenters. The number of nitrogens with two attached hydrogens (primary N) is 1. The van der Waals surface area contributed by atoms with Crippen molar-refractivity contribution in [2.24, 2.45) is 5.41 Å². The highest BCUT2D eigenvalue weighted by Crippen LogP contribution is 2.45. The topological polar surface area (TPSA) is 204 Å². The number of nitrogens with one attached hydrogen (secondary N) is 3. The van der Waals surface area contributed by atoms with Crippen LogP contribution in [0.4, 0.5) is 29.2 Å². The minimum Gasteiger partial charge on any atom is -0.462 e. The first kappa shape index (κ1) is 57.9. The third kappa shape index (κ3) is 13.2. The molecule has 7 heterocycles. The van der Waals surface area contributed by atoms with Crippen LogP contribution < -0.4 is 31.3 Å². The van der Waals surface area contributed by atoms with Crippen LogP contribution in [0.1, 0.15) is 127 Å². The number of thiazole rings is 1. The fourth-order valence-corrected chi connectivity index (χ4v) is 12.9. The van der Waals surface area contributed by atoms with Gasteiger partial charge in [-0.1, -0.05) is 75.9 Å². The molecule has 4 fully saturated rings. The van der Waals surface area contributed by atoms with Crippen LogP contribution in [0.2, 0.25) is 5.02 Å². The molecule has 3 amide bonds. The highest BCUT2D eigenvalue weighted by Gasteiger charge is 2.45. The highest BCUT2D eigenvalue weighted by molar-refractivity contribution is 7.13. The van der Waals surface area contributed by atoms with Gasteiger partial charge in [-0.3, -0.25) is 19.3 Å². The standard InChI is InChI=1S/C57H72ClF4N11O5S/c1-31-23-43(63)67-49(46(31)57(60,61)62)45-41(58)25-40-48(47(45)59)69-55(70-52(40)72-26-36-19-20-37(27-72)66-36)78-29-38-13-12-22-71(38)21-11-9-7-8-10-14-44(75)68-51(56(4,5)6)54(77)73-28-39(74)24-42(73)53(76)65-32(2)34-15-17-35(18-16-34)50-33(3)64-30-79-50/h15-18,23,25,30,32,36-39,42,51,66,74H,7-14,19-22,24,26-29H2,1-6H3,(H2,63,67)(H,65,76)(H,68,75)/t32-,36?,37?,38-,39+,42-,51+/m0/s1. The third-order valence-electron chi connectivity index (χ3n) is 15.9. The summed E-state index contributed by atoms with van der Waals surface area (Å²) in [6.07, 6.45) is 2.48. The normalized spacial score (nSPS) is 21.4. The van der Waals surface area contributed by atoms with Crippen molar-refractivity contribution in [3.05, 3.63) is 75.1 Å². The van der Waals surface area contributed by atoms with Crippen molar-refractivity contribution in [2.75, 3.05) is 50.0 Å². The summed E-state index contributed by atoms with van der Waals surface area (Å²) >= 11 is 8.26. The number of pyridine rings is 1. The average Bonchev–Trinajstić information content (AvgIpc) is 4.37. The summed E-state index contributed by atoms with van der Waals surface area (Å²) in [4.78, 5) is 65.9. The second kappa shape index (κ2) is 24.2. The lowest BCUT2D eigenvalue weighted by Crippen LogP contribution is -2.57. The lowest BCUT2D eigenvalue weighted by Gasteiger charge is -2.35. The molecule has 0 saturated carbocycles. The van der Waals surface area contributed by atoms with E-state index in [0.29, 0.717) is 25.3 Å². The number of carbonyl (C=O) groups is 3. The summed E-state index contributed by atoms with van der Waals surface area (Å²) < 4.78 is 66.8. The van der Waals surface area contributed by atoms with Gasteiger partial charge < -0.3 is 41.3 Å². The monoisotopic (exact) mass is 1130 g/mol. The van der Waals surface area contributed by atoms with Crippen LogP contribution in [0.15, 0.2) is 41.9 Å². The van der Waals surface area contributed by atoms with Gasteiger partial charge in [0, 0.05) is 56.0 Å². The van der Waals surface area contributed by atoms with E-state index < -0.39 is 58.3 Å². The average molecular weight is 1130 g/mol. The van der Waals surface area contributed by atoms with E-state index in [0.717, 1.165) is 92.2 Å². The van der Waals surface area contributed by atoms with Crippen LogP contribution >= 0.6 is 22.9 Å². The Morgan fingerprint density at radius 3 is 2.35 bits per heavy atom. The number of aliphatic hydroxyl groups excluding tert-OH is 1. The van der Waals surface area contributed by atoms with E-state index in [4.69, 9.17) is 27.1 Å². The minimum absolute atomic E-state index is 0.0123. The number of unbranched alkanes of at least 4 members (excludes halogenated alkanes) is 4. The quantitative estimate of drug-likeness (QED) is 0.0387. The molecule has 0 spiro atoms. The van der Waals surface area contributed by atoms with Crippen LogP contribution in [0.25, 0.3) is 32.6 Å². The van der Waals surface area contributed by atoms with E-state index in [2.05, 4.69) is 35.8 Å². The fourth-order valence-electron chi connectivity index (χ4n) is 11.8. The van der Waals surface area contributed by atoms with E-state index in [1.807, 2.05) is 69.3 Å². The summed E-state index contributed by atoms with van der Waals surface area (Å²) in [5.74, 6) is -1.92. The Bertz CT molecular complexity index is 3020. The number of alkyl halides is 3. The van der Waals surface area contributed by atoms with Crippen LogP contribution in [0, 0.1) is 25.1 Å². The van der Waals surface area contributed by atoms with Gasteiger partial charge in [-0.25, -0.2) is 14.4 Å². The number of nitrogen functional groups attached to an aromatic ring is 1. The molecular formula is C57H72ClF4N11O5S. The van der Waals surface area contributed by atoms with Crippen LogP contribution in [-0.2, 0) is 20.6 Å². The third-order valence-corrected chi connectivity index (χ3v) is 17.2. The van der Waals surface area contributed by atoms with Crippen LogP contribution in [0.3, 0.4) is 0 Å². The van der Waals surface area contributed by atoms with Gasteiger partial charge in [0.25, 0.3) is 0 Å². The summed E-state index contributed by atoms with van der Waals surface area (Å²) in [5, 5.41) is 20.3. The van der Waals surface area contributed by atoms with Crippen molar-refractivity contribution in [2.45, 2.75) is 161 Å². The molecule has 5 aromatic rings. The van der Waals surface area contributed by atoms with Crippen molar-refractivity contribution in [3.8, 4) is 27.7 Å². The molecule has 2 aromatic carbocycles. The Kier molecular flexibility index (Phi) is 17.7. The Balaban J connectivity index is 0.767. The second-order valence-corrected chi connectivity index (χ2v) is 24.2. The van der Waals surface area contributed by atoms with Gasteiger partial charge in [-0.15, -0.1) is 11.3 Å². The first-order valence-corrected chi connectivity index (χ1v) is 28.8. The smallest absolute Gasteiger partial charge is 0.418 e. The molecule has 3 aromatic heterocycles. The van der Waals surface area contributed by atoms with E-state index in [1.165, 1.54) is 17.9 Å². The molecule has 16 nitrogen and oxygen atoms in total. The zero-order valence-corrected chi connectivity index (χ0v) is 47.3. The number of anilines is 2. The number of amides is 3. The number of carbonyl (C=O) groups excluding carboxylic acids is 3. The maximum atomic E-state index is 17.0. The second-order valence-electron chi connectivity index (χ2n) is 22.9. The summed E-state index contributed by atoms with van der Waals surface area (Å²) in [6, 6.07) is 8.58. The number of aliphatic hydroxyl groups is 1. The first-order valence-electron chi connectivity index (χ1n) is 27.5. The Morgan fingerprint density at radius 1 is 0.962 bits per heavy atom. The van der Waals surface area contributed by atoms with E-state index >= 15 is 4.39 Å². The minimum atomic E-state index is -4.88. The van der Waals surface area contributed by atoms with Crippen molar-refractivity contribution in [1.82, 2.24) is 45.7 Å². The van der Waals surface area contributed by atoms with E-state index in [-0.39, 0.29) is 95.3 Å². The molecule has 0 radical (unpaired) electrons. The number of rotatable bonds is 19. The van der Waals surface area contributed by atoms with Gasteiger partial charge in [-0.2, -0.15) is 23.1 Å². The highest BCUT2D eigenvalue weighted by atomic mass is 35.5. The molecular weight excluding hydrogens is 1060 g/mol. The molecule has 9 rings (SSSR count). The molecule has 426 valence electrons. The molecule has 4 saturated heterocycles. The fraction of sp³-hybridized carbons (Fsp3) is 0.561. The number of aromatic nitrogens is 4. The largest absolute Gasteiger partial charge is 0.462 e. The number of hydrogen-bond donors (Lipinski definition) is 5. The van der Waals surface area contributed by atoms with Crippen LogP contribution in [-0.4, -0.2) is 128 Å². The maximum Gasteiger partial charge on any atom is 0.418 e. The maximum absolute atomic E-state index is 17.0. The number of ether oxygens (including phenoxy) is 1. The van der Waals surface area contributed by atoms with Gasteiger partial charge in [0.05, 0.1) is 50.1 Å². The molecule has 22 heteroatoms. The van der Waals surface area contributed by atoms with Crippen molar-refractivity contribution >= 4 is 63.2 Å². The molecule has 2 bridgehead atoms. The zero-order chi connectivity index (χ0) is 56.5. The van der Waals surface area contributed by atoms with Gasteiger partial charge in [0.2, 0.25) is 17.7 Å². The molecule has 79 heavy (non-hydrogen) atoms. The number of piperazine rings is 1. The molecule has 6 N–H and O–H groups in total. The molecule has 4 aliphatic heterocycles. The number of β-amino-alcohol motifs (C(OH)–C–C–N with tert-alkyl or cyclic N) is 1. The van der Waals surface area contributed by atoms with Gasteiger partial charge in [0.15, 0.2) is 5.82 Å². The summed E-state index contributed by atoms with van der Waals surface area (Å²) in [6.45, 7) is 13.7. The number of benzene rings is 2. The zero-order valence-electron chi connectivity index (χ0n) is 45.7. The number of halogens is 5. The van der Waals surface area contributed by atoms with E-state index in [1.54, 1.807) is 11.3 Å². The number of hydrogen-bond acceptors (Lipinski definition) is 14. The van der Waals surface area contributed by atoms with Crippen molar-refractivity contribution in [1.29, 1.82) is 0 Å². The van der Waals surface area contributed by atoms with Gasteiger partial charge in [0.1, 0.15) is 35.8 Å². The Morgan fingerprint density at radius 2 is 1.67 bits per heavy atom. The SMILES string of the molecule is Cc1cc(N)nc(-c2c(Cl)cc3c(N4CC5CCC(C4)N5)nc(OC[C@@H]4CCCN4CCCCCCCC(=O)N[C@H](C(=O)N4C[C@H](O)C[C@H]4C(=O)N[C@@H](C)c4ccc(-c5scnc5C)cc4)C(C)(C)C)nc3c2F)c1C(F)(F)F. The Labute approximate surface area is 467 Å². The number of likely N-dealkylation sites (tertiary alicyclic amines) is 2. The lowest BCUT2D eigenvalue weighted by molar-refractivity contribution is -0.144. The number of aryl methyl sites for hydroxylation is 2. The predicted octanol–water partition coefficient (Wildman–Crippen LogP) is 9.32. The molecule has 0 aliphatic carbocycles. The van der Waals surface area contributed by atoms with E-state index in [9.17, 15) is 32.7 Å². The molecule has 4 aliphatic rings. The summed E-state index contributed by atoms with van der Waals surface area (Å²) in [7, 11) is 0. The number of fused-ring (bicyclic) bond motifs is 3. The molecule has 7 atom stereocenters. The van der Waals surface area contributed by atoms with Gasteiger partial charge >= 0.3 is 12.2 Å². The number of nitrogens with zero attached hydrogens (tertiary/aromatic N) is 7. The predicted molar refractivity (Wildman–Crippen MR) is 298 cm³/mol.